The van der Waals surface area contributed by atoms with Gasteiger partial charge in [-0.05, 0) is 26.7 Å². The molecule has 0 aliphatic rings. The second-order valence-corrected chi connectivity index (χ2v) is 3.31. The molecule has 0 spiro atoms. The molecule has 0 bridgehead atoms. The van der Waals surface area contributed by atoms with Gasteiger partial charge >= 0.3 is 0 Å². The van der Waals surface area contributed by atoms with E-state index in [9.17, 15) is 0 Å². The summed E-state index contributed by atoms with van der Waals surface area (Å²) >= 11 is 0. The Balaban J connectivity index is 3.83. The molecule has 0 aromatic rings. The number of aliphatic hydroxyl groups is 1. The minimum atomic E-state index is -0.477. The van der Waals surface area contributed by atoms with Gasteiger partial charge in [0.2, 0.25) is 0 Å². The van der Waals surface area contributed by atoms with E-state index >= 15 is 0 Å². The lowest BCUT2D eigenvalue weighted by Crippen LogP contribution is -2.36. The van der Waals surface area contributed by atoms with E-state index in [2.05, 4.69) is 6.07 Å². The second kappa shape index (κ2) is 4.32. The fourth-order valence-electron chi connectivity index (χ4n) is 0.755. The molecule has 0 fully saturated rings. The van der Waals surface area contributed by atoms with Gasteiger partial charge in [0.15, 0.2) is 0 Å². The lowest BCUT2D eigenvalue weighted by Gasteiger charge is -2.23. The van der Waals surface area contributed by atoms with Crippen LogP contribution in [0.25, 0.3) is 0 Å². The molecule has 1 atom stereocenters. The van der Waals surface area contributed by atoms with Crippen molar-refractivity contribution >= 4 is 0 Å². The van der Waals surface area contributed by atoms with Crippen molar-refractivity contribution in [3.05, 3.63) is 0 Å². The number of hydrogen-bond donors (Lipinski definition) is 2. The molecule has 0 aliphatic heterocycles. The first-order valence-electron chi connectivity index (χ1n) is 3.82. The van der Waals surface area contributed by atoms with Gasteiger partial charge in [-0.2, -0.15) is 5.26 Å². The largest absolute Gasteiger partial charge is 0.396 e. The third-order valence-corrected chi connectivity index (χ3v) is 1.89. The Morgan fingerprint density at radius 2 is 2.18 bits per heavy atom. The Bertz CT molecular complexity index is 149. The van der Waals surface area contributed by atoms with Gasteiger partial charge in [0.1, 0.15) is 0 Å². The maximum Gasteiger partial charge on any atom is 0.0700 e. The molecule has 0 unspecified atom stereocenters. The summed E-state index contributed by atoms with van der Waals surface area (Å²) in [6.45, 7) is 3.78. The van der Waals surface area contributed by atoms with Gasteiger partial charge in [0.05, 0.1) is 11.5 Å². The zero-order valence-corrected chi connectivity index (χ0v) is 7.17. The quantitative estimate of drug-likeness (QED) is 0.627. The summed E-state index contributed by atoms with van der Waals surface area (Å²) in [4.78, 5) is 0. The second-order valence-electron chi connectivity index (χ2n) is 3.31. The first kappa shape index (κ1) is 10.4. The van der Waals surface area contributed by atoms with E-state index in [1.165, 1.54) is 0 Å². The van der Waals surface area contributed by atoms with Crippen LogP contribution in [0.1, 0.15) is 26.7 Å². The average Bonchev–Trinajstić information content (AvgIpc) is 2.00. The van der Waals surface area contributed by atoms with Crippen molar-refractivity contribution in [2.45, 2.75) is 32.7 Å². The third kappa shape index (κ3) is 3.35. The predicted octanol–water partition coefficient (Wildman–Crippen LogP) is 0.636. The molecule has 0 heterocycles. The van der Waals surface area contributed by atoms with E-state index in [4.69, 9.17) is 16.1 Å². The van der Waals surface area contributed by atoms with Crippen LogP contribution in [0.2, 0.25) is 0 Å². The molecule has 11 heavy (non-hydrogen) atoms. The highest BCUT2D eigenvalue weighted by molar-refractivity contribution is 4.98. The van der Waals surface area contributed by atoms with E-state index in [1.54, 1.807) is 0 Å². The molecule has 0 saturated heterocycles. The van der Waals surface area contributed by atoms with Crippen molar-refractivity contribution in [1.82, 2.24) is 0 Å². The topological polar surface area (TPSA) is 70.0 Å². The first-order chi connectivity index (χ1) is 5.04. The summed E-state index contributed by atoms with van der Waals surface area (Å²) in [6.07, 6.45) is 1.38. The van der Waals surface area contributed by atoms with Crippen LogP contribution in [-0.2, 0) is 0 Å². The Morgan fingerprint density at radius 1 is 1.64 bits per heavy atom. The highest BCUT2D eigenvalue weighted by atomic mass is 16.2. The molecular weight excluding hydrogens is 140 g/mol. The Hall–Kier alpha value is -0.590. The molecule has 0 rings (SSSR count). The van der Waals surface area contributed by atoms with Crippen molar-refractivity contribution in [2.24, 2.45) is 11.1 Å². The molecule has 0 saturated carbocycles. The standard InChI is InChI=1S/C8H16N2O/c1-8(2,6-9)7(10)4-3-5-11/h7,11H,3-5,10H2,1-2H3/t7-/m1/s1. The SMILES string of the molecule is CC(C)(C#N)[C@H](N)CCCO. The first-order valence-corrected chi connectivity index (χ1v) is 3.82. The molecule has 0 radical (unpaired) electrons. The summed E-state index contributed by atoms with van der Waals surface area (Å²) in [7, 11) is 0. The molecule has 3 heteroatoms. The molecular formula is C8H16N2O. The monoisotopic (exact) mass is 156 g/mol. The van der Waals surface area contributed by atoms with Crippen LogP contribution in [0.15, 0.2) is 0 Å². The van der Waals surface area contributed by atoms with E-state index in [-0.39, 0.29) is 12.6 Å². The van der Waals surface area contributed by atoms with Crippen molar-refractivity contribution in [2.75, 3.05) is 6.61 Å². The predicted molar refractivity (Wildman–Crippen MR) is 43.7 cm³/mol. The summed E-state index contributed by atoms with van der Waals surface area (Å²) in [5.41, 5.74) is 5.24. The molecule has 0 aromatic carbocycles. The van der Waals surface area contributed by atoms with E-state index < -0.39 is 5.41 Å². The van der Waals surface area contributed by atoms with Gasteiger partial charge in [0, 0.05) is 12.6 Å². The Morgan fingerprint density at radius 3 is 2.55 bits per heavy atom. The normalized spacial score (nSPS) is 14.1. The Kier molecular flexibility index (Phi) is 4.09. The van der Waals surface area contributed by atoms with E-state index in [1.807, 2.05) is 13.8 Å². The van der Waals surface area contributed by atoms with Crippen molar-refractivity contribution in [3.8, 4) is 6.07 Å². The van der Waals surface area contributed by atoms with Gasteiger partial charge in [-0.3, -0.25) is 0 Å². The summed E-state index contributed by atoms with van der Waals surface area (Å²) in [5, 5.41) is 17.2. The number of nitriles is 1. The van der Waals surface area contributed by atoms with E-state index in [0.29, 0.717) is 12.8 Å². The number of hydrogen-bond acceptors (Lipinski definition) is 3. The van der Waals surface area contributed by atoms with Crippen LogP contribution in [0, 0.1) is 16.7 Å². The van der Waals surface area contributed by atoms with Gasteiger partial charge in [-0.1, -0.05) is 0 Å². The smallest absolute Gasteiger partial charge is 0.0700 e. The maximum atomic E-state index is 8.67. The van der Waals surface area contributed by atoms with Crippen molar-refractivity contribution in [3.63, 3.8) is 0 Å². The lowest BCUT2D eigenvalue weighted by atomic mass is 9.84. The van der Waals surface area contributed by atoms with Gasteiger partial charge in [-0.15, -0.1) is 0 Å². The van der Waals surface area contributed by atoms with Crippen LogP contribution in [-0.4, -0.2) is 17.8 Å². The molecule has 0 aromatic heterocycles. The third-order valence-electron chi connectivity index (χ3n) is 1.89. The van der Waals surface area contributed by atoms with Crippen molar-refractivity contribution in [1.29, 1.82) is 5.26 Å². The van der Waals surface area contributed by atoms with Crippen LogP contribution >= 0.6 is 0 Å². The molecule has 0 amide bonds. The zero-order valence-electron chi connectivity index (χ0n) is 7.17. The average molecular weight is 156 g/mol. The summed E-state index contributed by atoms with van der Waals surface area (Å²) < 4.78 is 0. The highest BCUT2D eigenvalue weighted by Gasteiger charge is 2.25. The highest BCUT2D eigenvalue weighted by Crippen LogP contribution is 2.20. The van der Waals surface area contributed by atoms with Crippen LogP contribution < -0.4 is 5.73 Å². The lowest BCUT2D eigenvalue weighted by molar-refractivity contribution is 0.262. The van der Waals surface area contributed by atoms with Crippen LogP contribution in [0.4, 0.5) is 0 Å². The zero-order chi connectivity index (χ0) is 8.91. The number of nitrogens with zero attached hydrogens (tertiary/aromatic N) is 1. The fraction of sp³-hybridized carbons (Fsp3) is 0.875. The molecule has 3 N–H and O–H groups in total. The number of aliphatic hydroxyl groups excluding tert-OH is 1. The van der Waals surface area contributed by atoms with Gasteiger partial charge < -0.3 is 10.8 Å². The summed E-state index contributed by atoms with van der Waals surface area (Å²) in [5.74, 6) is 0. The number of nitrogens with two attached hydrogens (primary N) is 1. The fourth-order valence-corrected chi connectivity index (χ4v) is 0.755. The number of rotatable bonds is 4. The Labute approximate surface area is 67.8 Å². The molecule has 64 valence electrons. The van der Waals surface area contributed by atoms with Crippen LogP contribution in [0.5, 0.6) is 0 Å². The van der Waals surface area contributed by atoms with E-state index in [0.717, 1.165) is 0 Å². The minimum Gasteiger partial charge on any atom is -0.396 e. The van der Waals surface area contributed by atoms with Gasteiger partial charge in [-0.25, -0.2) is 0 Å². The van der Waals surface area contributed by atoms with Crippen LogP contribution in [0.3, 0.4) is 0 Å². The minimum absolute atomic E-state index is 0.139. The van der Waals surface area contributed by atoms with Crippen molar-refractivity contribution < 1.29 is 5.11 Å². The summed E-state index contributed by atoms with van der Waals surface area (Å²) in [6, 6.07) is 2.00. The molecule has 3 nitrogen and oxygen atoms in total. The van der Waals surface area contributed by atoms with Gasteiger partial charge in [0.25, 0.3) is 0 Å². The maximum absolute atomic E-state index is 8.67. The molecule has 0 aliphatic carbocycles.